The molecule has 5 nitrogen and oxygen atoms in total. The molecule has 0 N–H and O–H groups in total. The van der Waals surface area contributed by atoms with Crippen LogP contribution in [-0.4, -0.2) is 38.4 Å². The van der Waals surface area contributed by atoms with Gasteiger partial charge in [-0.25, -0.2) is 0 Å². The number of hydrogen-bond acceptors (Lipinski definition) is 5. The molecule has 2 fully saturated rings. The Balaban J connectivity index is 1.37. The quantitative estimate of drug-likeness (QED) is 0.484. The van der Waals surface area contributed by atoms with Gasteiger partial charge in [-0.05, 0) is 25.7 Å². The van der Waals surface area contributed by atoms with E-state index in [1.807, 2.05) is 0 Å². The molecule has 18 heavy (non-hydrogen) atoms. The molecule has 102 valence electrons. The van der Waals surface area contributed by atoms with E-state index in [0.29, 0.717) is 13.2 Å². The molecule has 5 heteroatoms. The fourth-order valence-corrected chi connectivity index (χ4v) is 1.70. The number of carbonyl (C=O) groups excluding carboxylic acids is 2. The average Bonchev–Trinajstić information content (AvgIpc) is 3.08. The van der Waals surface area contributed by atoms with Crippen molar-refractivity contribution in [1.29, 1.82) is 0 Å². The normalized spacial score (nSPS) is 19.1. The third kappa shape index (κ3) is 4.29. The van der Waals surface area contributed by atoms with E-state index in [9.17, 15) is 9.59 Å². The van der Waals surface area contributed by atoms with Gasteiger partial charge in [0.2, 0.25) is 0 Å². The van der Waals surface area contributed by atoms with Gasteiger partial charge in [-0.1, -0.05) is 6.42 Å². The predicted molar refractivity (Wildman–Crippen MR) is 62.8 cm³/mol. The van der Waals surface area contributed by atoms with Crippen LogP contribution in [0.3, 0.4) is 0 Å². The van der Waals surface area contributed by atoms with Crippen molar-refractivity contribution in [3.8, 4) is 0 Å². The lowest BCUT2D eigenvalue weighted by molar-refractivity contribution is -0.153. The van der Waals surface area contributed by atoms with Gasteiger partial charge in [0.05, 0.1) is 25.0 Å². The summed E-state index contributed by atoms with van der Waals surface area (Å²) in [6.45, 7) is 1.29. The molecule has 0 bridgehead atoms. The molecule has 0 amide bonds. The average molecular weight is 256 g/mol. The second-order valence-electron chi connectivity index (χ2n) is 4.85. The summed E-state index contributed by atoms with van der Waals surface area (Å²) < 4.78 is 15.2. The number of esters is 2. The van der Waals surface area contributed by atoms with E-state index in [0.717, 1.165) is 32.1 Å². The Labute approximate surface area is 107 Å². The lowest BCUT2D eigenvalue weighted by Crippen LogP contribution is -2.25. The summed E-state index contributed by atoms with van der Waals surface area (Å²) in [6, 6.07) is 0. The molecule has 2 aliphatic carbocycles. The van der Waals surface area contributed by atoms with Crippen molar-refractivity contribution in [1.82, 2.24) is 0 Å². The SMILES string of the molecule is O=C(OCCOCCOC(=O)C1CC1)C1CCC1. The first-order valence-electron chi connectivity index (χ1n) is 6.68. The zero-order chi connectivity index (χ0) is 12.8. The molecular weight excluding hydrogens is 236 g/mol. The lowest BCUT2D eigenvalue weighted by Gasteiger charge is -2.22. The van der Waals surface area contributed by atoms with Crippen LogP contribution < -0.4 is 0 Å². The van der Waals surface area contributed by atoms with Gasteiger partial charge in [0.1, 0.15) is 13.2 Å². The predicted octanol–water partition coefficient (Wildman–Crippen LogP) is 1.30. The lowest BCUT2D eigenvalue weighted by atomic mass is 9.86. The molecule has 2 aliphatic rings. The molecule has 0 spiro atoms. The van der Waals surface area contributed by atoms with Crippen LogP contribution in [0.1, 0.15) is 32.1 Å². The van der Waals surface area contributed by atoms with Gasteiger partial charge in [-0.15, -0.1) is 0 Å². The van der Waals surface area contributed by atoms with Gasteiger partial charge >= 0.3 is 11.9 Å². The Morgan fingerprint density at radius 3 is 1.67 bits per heavy atom. The van der Waals surface area contributed by atoms with Crippen LogP contribution in [-0.2, 0) is 23.8 Å². The van der Waals surface area contributed by atoms with Crippen LogP contribution in [0.4, 0.5) is 0 Å². The molecule has 0 atom stereocenters. The molecule has 2 rings (SSSR count). The minimum Gasteiger partial charge on any atom is -0.463 e. The van der Waals surface area contributed by atoms with Gasteiger partial charge in [-0.3, -0.25) is 9.59 Å². The van der Waals surface area contributed by atoms with E-state index in [1.54, 1.807) is 0 Å². The Bertz CT molecular complexity index is 294. The van der Waals surface area contributed by atoms with Crippen molar-refractivity contribution in [3.63, 3.8) is 0 Å². The van der Waals surface area contributed by atoms with Crippen molar-refractivity contribution in [3.05, 3.63) is 0 Å². The van der Waals surface area contributed by atoms with E-state index >= 15 is 0 Å². The molecule has 0 saturated heterocycles. The van der Waals surface area contributed by atoms with Crippen molar-refractivity contribution in [2.45, 2.75) is 32.1 Å². The zero-order valence-corrected chi connectivity index (χ0v) is 10.6. The van der Waals surface area contributed by atoms with Crippen molar-refractivity contribution in [2.75, 3.05) is 26.4 Å². The third-order valence-electron chi connectivity index (χ3n) is 3.29. The molecular formula is C13H20O5. The van der Waals surface area contributed by atoms with Crippen molar-refractivity contribution >= 4 is 11.9 Å². The largest absolute Gasteiger partial charge is 0.463 e. The molecule has 0 aromatic heterocycles. The summed E-state index contributed by atoms with van der Waals surface area (Å²) in [5.74, 6) is 0.0259. The van der Waals surface area contributed by atoms with E-state index in [2.05, 4.69) is 0 Å². The fraction of sp³-hybridized carbons (Fsp3) is 0.846. The molecule has 0 aromatic carbocycles. The molecule has 2 saturated carbocycles. The Morgan fingerprint density at radius 1 is 0.778 bits per heavy atom. The van der Waals surface area contributed by atoms with Crippen LogP contribution in [0.5, 0.6) is 0 Å². The summed E-state index contributed by atoms with van der Waals surface area (Å²) in [4.78, 5) is 22.5. The standard InChI is InChI=1S/C13H20O5/c14-12(10-2-1-3-10)17-8-6-16-7-9-18-13(15)11-4-5-11/h10-11H,1-9H2. The monoisotopic (exact) mass is 256 g/mol. The minimum atomic E-state index is -0.116. The highest BCUT2D eigenvalue weighted by molar-refractivity contribution is 5.74. The van der Waals surface area contributed by atoms with Crippen LogP contribution in [0.25, 0.3) is 0 Å². The topological polar surface area (TPSA) is 61.8 Å². The summed E-state index contributed by atoms with van der Waals surface area (Å²) in [5, 5.41) is 0. The highest BCUT2D eigenvalue weighted by Crippen LogP contribution is 2.30. The van der Waals surface area contributed by atoms with Gasteiger partial charge < -0.3 is 14.2 Å². The molecule has 0 radical (unpaired) electrons. The molecule has 0 aromatic rings. The maximum Gasteiger partial charge on any atom is 0.309 e. The van der Waals surface area contributed by atoms with Crippen LogP contribution in [0.2, 0.25) is 0 Å². The minimum absolute atomic E-state index is 0.106. The summed E-state index contributed by atoms with van der Waals surface area (Å²) >= 11 is 0. The molecule has 0 aliphatic heterocycles. The van der Waals surface area contributed by atoms with Crippen LogP contribution in [0.15, 0.2) is 0 Å². The highest BCUT2D eigenvalue weighted by atomic mass is 16.6. The Kier molecular flexibility index (Phi) is 4.99. The first kappa shape index (κ1) is 13.3. The second kappa shape index (κ2) is 6.73. The first-order valence-corrected chi connectivity index (χ1v) is 6.68. The Hall–Kier alpha value is -1.10. The summed E-state index contributed by atoms with van der Waals surface area (Å²) in [7, 11) is 0. The zero-order valence-electron chi connectivity index (χ0n) is 10.6. The number of rotatable bonds is 8. The van der Waals surface area contributed by atoms with Crippen molar-refractivity contribution in [2.24, 2.45) is 11.8 Å². The van der Waals surface area contributed by atoms with E-state index in [4.69, 9.17) is 14.2 Å². The summed E-state index contributed by atoms with van der Waals surface area (Å²) in [5.41, 5.74) is 0. The fourth-order valence-electron chi connectivity index (χ4n) is 1.70. The summed E-state index contributed by atoms with van der Waals surface area (Å²) in [6.07, 6.45) is 4.95. The first-order chi connectivity index (χ1) is 8.77. The molecule has 0 unspecified atom stereocenters. The van der Waals surface area contributed by atoms with Crippen LogP contribution >= 0.6 is 0 Å². The molecule has 0 heterocycles. The number of ether oxygens (including phenoxy) is 3. The van der Waals surface area contributed by atoms with E-state index in [-0.39, 0.29) is 37.0 Å². The van der Waals surface area contributed by atoms with Gasteiger partial charge in [0.25, 0.3) is 0 Å². The number of hydrogen-bond donors (Lipinski definition) is 0. The maximum absolute atomic E-state index is 11.3. The number of carbonyl (C=O) groups is 2. The Morgan fingerprint density at radius 2 is 1.28 bits per heavy atom. The maximum atomic E-state index is 11.3. The van der Waals surface area contributed by atoms with Crippen LogP contribution in [0, 0.1) is 11.8 Å². The van der Waals surface area contributed by atoms with Gasteiger partial charge in [0.15, 0.2) is 0 Å². The smallest absolute Gasteiger partial charge is 0.309 e. The highest BCUT2D eigenvalue weighted by Gasteiger charge is 2.31. The van der Waals surface area contributed by atoms with Crippen molar-refractivity contribution < 1.29 is 23.8 Å². The van der Waals surface area contributed by atoms with E-state index < -0.39 is 0 Å². The van der Waals surface area contributed by atoms with Gasteiger partial charge in [-0.2, -0.15) is 0 Å². The van der Waals surface area contributed by atoms with E-state index in [1.165, 1.54) is 0 Å². The second-order valence-corrected chi connectivity index (χ2v) is 4.85. The third-order valence-corrected chi connectivity index (χ3v) is 3.29. The van der Waals surface area contributed by atoms with Gasteiger partial charge in [0, 0.05) is 0 Å².